The number of para-hydroxylation sites is 1. The van der Waals surface area contributed by atoms with Crippen LogP contribution in [0, 0.1) is 0 Å². The molecule has 1 aromatic heterocycles. The molecule has 3 aromatic rings. The van der Waals surface area contributed by atoms with E-state index < -0.39 is 17.6 Å². The zero-order valence-electron chi connectivity index (χ0n) is 14.6. The smallest absolute Gasteiger partial charge is 0.344 e. The van der Waals surface area contributed by atoms with Crippen LogP contribution in [0.2, 0.25) is 0 Å². The highest BCUT2D eigenvalue weighted by Crippen LogP contribution is 2.34. The third-order valence-corrected chi connectivity index (χ3v) is 4.36. The molecule has 7 heteroatoms. The molecule has 3 rings (SSSR count). The molecule has 0 unspecified atom stereocenters. The molecule has 6 nitrogen and oxygen atoms in total. The first-order chi connectivity index (χ1) is 12.9. The molecule has 0 atom stereocenters. The van der Waals surface area contributed by atoms with Crippen molar-refractivity contribution in [3.8, 4) is 22.6 Å². The lowest BCUT2D eigenvalue weighted by Crippen LogP contribution is -2.09. The molecule has 0 aliphatic heterocycles. The number of alkyl halides is 1. The summed E-state index contributed by atoms with van der Waals surface area (Å²) in [6.45, 7) is 2.59. The molecule has 0 radical (unpaired) electrons. The molecule has 0 amide bonds. The van der Waals surface area contributed by atoms with Gasteiger partial charge in [0.1, 0.15) is 5.75 Å². The summed E-state index contributed by atoms with van der Waals surface area (Å²) in [5, 5.41) is 1.05. The topological polar surface area (TPSA) is 82.8 Å². The number of benzene rings is 2. The van der Waals surface area contributed by atoms with Crippen molar-refractivity contribution >= 4 is 38.8 Å². The second-order valence-electron chi connectivity index (χ2n) is 5.72. The quantitative estimate of drug-likeness (QED) is 0.267. The zero-order valence-corrected chi connectivity index (χ0v) is 16.2. The van der Waals surface area contributed by atoms with Crippen LogP contribution in [0.4, 0.5) is 0 Å². The van der Waals surface area contributed by atoms with E-state index >= 15 is 0 Å². The van der Waals surface area contributed by atoms with Gasteiger partial charge in [-0.1, -0.05) is 40.2 Å². The average Bonchev–Trinajstić information content (AvgIpc) is 2.61. The highest BCUT2D eigenvalue weighted by atomic mass is 79.9. The van der Waals surface area contributed by atoms with E-state index in [-0.39, 0.29) is 11.3 Å². The summed E-state index contributed by atoms with van der Waals surface area (Å²) in [5.74, 6) is -0.354. The van der Waals surface area contributed by atoms with E-state index in [0.717, 1.165) is 0 Å². The number of rotatable bonds is 4. The molecule has 1 heterocycles. The van der Waals surface area contributed by atoms with Gasteiger partial charge in [0, 0.05) is 24.6 Å². The molecule has 2 aromatic carbocycles. The molecule has 138 valence electrons. The maximum Gasteiger partial charge on any atom is 0.344 e. The van der Waals surface area contributed by atoms with Crippen molar-refractivity contribution in [3.63, 3.8) is 0 Å². The predicted octanol–water partition coefficient (Wildman–Crippen LogP) is 4.21. The van der Waals surface area contributed by atoms with Gasteiger partial charge in [-0.15, -0.1) is 0 Å². The van der Waals surface area contributed by atoms with Gasteiger partial charge in [0.25, 0.3) is 0 Å². The molecule has 0 aliphatic carbocycles. The molecule has 27 heavy (non-hydrogen) atoms. The summed E-state index contributed by atoms with van der Waals surface area (Å²) in [7, 11) is 0. The Bertz CT molecular complexity index is 1080. The van der Waals surface area contributed by atoms with E-state index in [0.29, 0.717) is 33.2 Å². The van der Waals surface area contributed by atoms with Gasteiger partial charge in [-0.25, -0.2) is 4.79 Å². The maximum atomic E-state index is 12.7. The lowest BCUT2D eigenvalue weighted by Gasteiger charge is -2.12. The van der Waals surface area contributed by atoms with Gasteiger partial charge in [-0.2, -0.15) is 0 Å². The molecule has 0 aliphatic rings. The predicted molar refractivity (Wildman–Crippen MR) is 103 cm³/mol. The SMILES string of the molecule is CC(=O)Oc1ccc(-c2c(CBr)c3cccc(OC(C)=O)c3oc2=O)cc1. The van der Waals surface area contributed by atoms with Gasteiger partial charge in [0.15, 0.2) is 11.3 Å². The van der Waals surface area contributed by atoms with Crippen molar-refractivity contribution < 1.29 is 23.5 Å². The summed E-state index contributed by atoms with van der Waals surface area (Å²) >= 11 is 3.43. The van der Waals surface area contributed by atoms with E-state index in [2.05, 4.69) is 15.9 Å². The van der Waals surface area contributed by atoms with E-state index in [1.807, 2.05) is 0 Å². The van der Waals surface area contributed by atoms with E-state index in [1.165, 1.54) is 13.8 Å². The van der Waals surface area contributed by atoms with E-state index in [1.54, 1.807) is 42.5 Å². The van der Waals surface area contributed by atoms with Crippen molar-refractivity contribution in [1.29, 1.82) is 0 Å². The van der Waals surface area contributed by atoms with Gasteiger partial charge in [0.05, 0.1) is 5.56 Å². The summed E-state index contributed by atoms with van der Waals surface area (Å²) < 4.78 is 15.6. The third-order valence-electron chi connectivity index (χ3n) is 3.80. The van der Waals surface area contributed by atoms with Crippen molar-refractivity contribution in [2.45, 2.75) is 19.2 Å². The van der Waals surface area contributed by atoms with E-state index in [4.69, 9.17) is 13.9 Å². The van der Waals surface area contributed by atoms with Gasteiger partial charge < -0.3 is 13.9 Å². The summed E-state index contributed by atoms with van der Waals surface area (Å²) in [4.78, 5) is 35.1. The largest absolute Gasteiger partial charge is 0.427 e. The number of hydrogen-bond donors (Lipinski definition) is 0. The molecule has 0 saturated heterocycles. The van der Waals surface area contributed by atoms with Crippen molar-refractivity contribution in [2.24, 2.45) is 0 Å². The Balaban J connectivity index is 2.19. The summed E-state index contributed by atoms with van der Waals surface area (Å²) in [6, 6.07) is 11.6. The Morgan fingerprint density at radius 1 is 1.00 bits per heavy atom. The molecule has 0 fully saturated rings. The summed E-state index contributed by atoms with van der Waals surface area (Å²) in [5.41, 5.74) is 1.36. The second-order valence-corrected chi connectivity index (χ2v) is 6.28. The van der Waals surface area contributed by atoms with Crippen LogP contribution < -0.4 is 15.1 Å². The van der Waals surface area contributed by atoms with Crippen LogP contribution in [0.1, 0.15) is 19.4 Å². The van der Waals surface area contributed by atoms with Crippen LogP contribution in [0.25, 0.3) is 22.1 Å². The third kappa shape index (κ3) is 3.93. The lowest BCUT2D eigenvalue weighted by atomic mass is 9.99. The second kappa shape index (κ2) is 7.75. The van der Waals surface area contributed by atoms with Crippen LogP contribution in [0.5, 0.6) is 11.5 Å². The Kier molecular flexibility index (Phi) is 5.41. The number of ether oxygens (including phenoxy) is 2. The highest BCUT2D eigenvalue weighted by molar-refractivity contribution is 9.08. The monoisotopic (exact) mass is 430 g/mol. The van der Waals surface area contributed by atoms with Crippen LogP contribution in [0.3, 0.4) is 0 Å². The first kappa shape index (κ1) is 18.8. The van der Waals surface area contributed by atoms with Crippen molar-refractivity contribution in [3.05, 3.63) is 58.4 Å². The molecule has 0 bridgehead atoms. The van der Waals surface area contributed by atoms with Gasteiger partial charge in [-0.05, 0) is 29.3 Å². The first-order valence-corrected chi connectivity index (χ1v) is 9.14. The number of fused-ring (bicyclic) bond motifs is 1. The molecule has 0 spiro atoms. The molecule has 0 N–H and O–H groups in total. The number of halogens is 1. The fourth-order valence-corrected chi connectivity index (χ4v) is 3.36. The van der Waals surface area contributed by atoms with E-state index in [9.17, 15) is 14.4 Å². The fourth-order valence-electron chi connectivity index (χ4n) is 2.78. The number of esters is 2. The van der Waals surface area contributed by atoms with Crippen LogP contribution in [0.15, 0.2) is 51.7 Å². The Hall–Kier alpha value is -2.93. The van der Waals surface area contributed by atoms with Crippen LogP contribution >= 0.6 is 15.9 Å². The van der Waals surface area contributed by atoms with Crippen LogP contribution in [-0.2, 0) is 14.9 Å². The molecular weight excluding hydrogens is 416 g/mol. The Morgan fingerprint density at radius 2 is 1.67 bits per heavy atom. The van der Waals surface area contributed by atoms with Crippen molar-refractivity contribution in [2.75, 3.05) is 0 Å². The minimum atomic E-state index is -0.559. The first-order valence-electron chi connectivity index (χ1n) is 8.02. The Morgan fingerprint density at radius 3 is 2.26 bits per heavy atom. The average molecular weight is 431 g/mol. The number of hydrogen-bond acceptors (Lipinski definition) is 6. The molecular formula is C20H15BrO6. The van der Waals surface area contributed by atoms with Crippen molar-refractivity contribution in [1.82, 2.24) is 0 Å². The van der Waals surface area contributed by atoms with Gasteiger partial charge in [0.2, 0.25) is 0 Å². The number of carbonyl (C=O) groups excluding carboxylic acids is 2. The standard InChI is InChI=1S/C20H15BrO6/c1-11(22)25-14-8-6-13(7-9-14)18-16(10-21)15-4-3-5-17(26-12(2)23)19(15)27-20(18)24/h3-9H,10H2,1-2H3. The minimum absolute atomic E-state index is 0.191. The van der Waals surface area contributed by atoms with Gasteiger partial charge >= 0.3 is 17.6 Å². The normalized spacial score (nSPS) is 10.6. The maximum absolute atomic E-state index is 12.7. The van der Waals surface area contributed by atoms with Crippen LogP contribution in [-0.4, -0.2) is 11.9 Å². The van der Waals surface area contributed by atoms with Gasteiger partial charge in [-0.3, -0.25) is 9.59 Å². The minimum Gasteiger partial charge on any atom is -0.427 e. The molecule has 0 saturated carbocycles. The zero-order chi connectivity index (χ0) is 19.6. The number of carbonyl (C=O) groups is 2. The highest BCUT2D eigenvalue weighted by Gasteiger charge is 2.18. The lowest BCUT2D eigenvalue weighted by molar-refractivity contribution is -0.132. The fraction of sp³-hybridized carbons (Fsp3) is 0.150. The Labute approximate surface area is 162 Å². The summed E-state index contributed by atoms with van der Waals surface area (Å²) in [6.07, 6.45) is 0.